The third-order valence-corrected chi connectivity index (χ3v) is 6.14. The summed E-state index contributed by atoms with van der Waals surface area (Å²) in [6.45, 7) is 5.24. The van der Waals surface area contributed by atoms with Crippen LogP contribution in [0.3, 0.4) is 0 Å². The van der Waals surface area contributed by atoms with E-state index in [1.54, 1.807) is 0 Å². The molecule has 1 aromatic rings. The second-order valence-electron chi connectivity index (χ2n) is 7.47. The lowest BCUT2D eigenvalue weighted by Crippen LogP contribution is -2.50. The molecule has 5 heteroatoms. The van der Waals surface area contributed by atoms with Crippen LogP contribution in [0.5, 0.6) is 0 Å². The fourth-order valence-electron chi connectivity index (χ4n) is 4.98. The van der Waals surface area contributed by atoms with Gasteiger partial charge in [0, 0.05) is 30.7 Å². The minimum atomic E-state index is -0.331. The molecule has 2 amide bonds. The number of rotatable bonds is 3. The molecule has 2 saturated heterocycles. The van der Waals surface area contributed by atoms with Gasteiger partial charge >= 0.3 is 0 Å². The molecular formula is C20H27N3O2. The van der Waals surface area contributed by atoms with E-state index in [1.165, 1.54) is 12.8 Å². The van der Waals surface area contributed by atoms with Crippen molar-refractivity contribution >= 4 is 17.5 Å². The molecule has 134 valence electrons. The summed E-state index contributed by atoms with van der Waals surface area (Å²) in [6, 6.07) is 8.53. The third kappa shape index (κ3) is 2.95. The summed E-state index contributed by atoms with van der Waals surface area (Å²) in [7, 11) is 0. The number of amides is 2. The summed E-state index contributed by atoms with van der Waals surface area (Å²) in [5.41, 5.74) is 1.76. The summed E-state index contributed by atoms with van der Waals surface area (Å²) < 4.78 is 0. The smallest absolute Gasteiger partial charge is 0.231 e. The van der Waals surface area contributed by atoms with Gasteiger partial charge in [0.1, 0.15) is 0 Å². The number of fused-ring (bicyclic) bond motifs is 1. The van der Waals surface area contributed by atoms with E-state index in [4.69, 9.17) is 0 Å². The fraction of sp³-hybridized carbons (Fsp3) is 0.600. The van der Waals surface area contributed by atoms with Crippen LogP contribution < -0.4 is 5.32 Å². The molecule has 3 heterocycles. The monoisotopic (exact) mass is 341 g/mol. The van der Waals surface area contributed by atoms with E-state index >= 15 is 0 Å². The maximum atomic E-state index is 13.4. The van der Waals surface area contributed by atoms with Crippen molar-refractivity contribution in [2.45, 2.75) is 57.0 Å². The lowest BCUT2D eigenvalue weighted by Gasteiger charge is -2.37. The van der Waals surface area contributed by atoms with Gasteiger partial charge in [-0.3, -0.25) is 14.5 Å². The summed E-state index contributed by atoms with van der Waals surface area (Å²) in [5.74, 6) is -0.237. The fourth-order valence-corrected chi connectivity index (χ4v) is 4.98. The highest BCUT2D eigenvalue weighted by molar-refractivity contribution is 6.01. The first-order valence-corrected chi connectivity index (χ1v) is 9.62. The van der Waals surface area contributed by atoms with Gasteiger partial charge in [-0.15, -0.1) is 0 Å². The average Bonchev–Trinajstić information content (AvgIpc) is 3.28. The number of nitrogens with one attached hydrogen (secondary N) is 1. The number of hydrogen-bond donors (Lipinski definition) is 1. The van der Waals surface area contributed by atoms with Gasteiger partial charge in [-0.25, -0.2) is 0 Å². The van der Waals surface area contributed by atoms with Crippen molar-refractivity contribution in [1.82, 2.24) is 9.80 Å². The van der Waals surface area contributed by atoms with E-state index in [9.17, 15) is 9.59 Å². The van der Waals surface area contributed by atoms with Gasteiger partial charge < -0.3 is 10.2 Å². The van der Waals surface area contributed by atoms with Gasteiger partial charge in [0.25, 0.3) is 0 Å². The van der Waals surface area contributed by atoms with Crippen molar-refractivity contribution in [1.29, 1.82) is 0 Å². The summed E-state index contributed by atoms with van der Waals surface area (Å²) in [5, 5.41) is 2.90. The molecule has 0 aromatic heterocycles. The van der Waals surface area contributed by atoms with Gasteiger partial charge in [0.15, 0.2) is 0 Å². The van der Waals surface area contributed by atoms with Gasteiger partial charge in [-0.05, 0) is 50.4 Å². The van der Waals surface area contributed by atoms with Gasteiger partial charge in [0.2, 0.25) is 11.8 Å². The second-order valence-corrected chi connectivity index (χ2v) is 7.47. The van der Waals surface area contributed by atoms with Crippen LogP contribution in [-0.4, -0.2) is 53.3 Å². The Morgan fingerprint density at radius 2 is 1.92 bits per heavy atom. The zero-order valence-electron chi connectivity index (χ0n) is 14.9. The number of anilines is 1. The standard InChI is InChI=1S/C20H27N3O2/c1-2-22-11-5-9-17(22)18-10-6-12-23(18)20(25)15-13-19(24)21-16-8-4-3-7-14(15)16/h3-4,7-8,15,17-18H,2,5-6,9-13H2,1H3,(H,21,24)/t15-,17-,18-/m1/s1. The number of likely N-dealkylation sites (N-methyl/N-ethyl adjacent to an activating group) is 1. The van der Waals surface area contributed by atoms with E-state index in [-0.39, 0.29) is 24.2 Å². The van der Waals surface area contributed by atoms with Crippen LogP contribution in [0.15, 0.2) is 24.3 Å². The van der Waals surface area contributed by atoms with Crippen LogP contribution in [0, 0.1) is 0 Å². The average molecular weight is 341 g/mol. The molecule has 1 aromatic carbocycles. The van der Waals surface area contributed by atoms with Crippen molar-refractivity contribution in [2.75, 3.05) is 25.0 Å². The normalized spacial score (nSPS) is 29.6. The Morgan fingerprint density at radius 1 is 1.16 bits per heavy atom. The molecule has 3 atom stereocenters. The molecule has 3 aliphatic rings. The highest BCUT2D eigenvalue weighted by atomic mass is 16.2. The predicted octanol–water partition coefficient (Wildman–Crippen LogP) is 2.59. The predicted molar refractivity (Wildman–Crippen MR) is 97.4 cm³/mol. The zero-order chi connectivity index (χ0) is 17.4. The first-order chi connectivity index (χ1) is 12.2. The Bertz CT molecular complexity index is 675. The number of hydrogen-bond acceptors (Lipinski definition) is 3. The zero-order valence-corrected chi connectivity index (χ0v) is 14.9. The first kappa shape index (κ1) is 16.6. The molecule has 25 heavy (non-hydrogen) atoms. The SMILES string of the molecule is CCN1CCC[C@@H]1[C@H]1CCCN1C(=O)[C@@H]1CC(=O)Nc2ccccc21. The van der Waals surface area contributed by atoms with Crippen molar-refractivity contribution in [2.24, 2.45) is 0 Å². The van der Waals surface area contributed by atoms with E-state index < -0.39 is 0 Å². The number of carbonyl (C=O) groups is 2. The molecule has 5 nitrogen and oxygen atoms in total. The van der Waals surface area contributed by atoms with Crippen LogP contribution in [0.25, 0.3) is 0 Å². The van der Waals surface area contributed by atoms with E-state index in [0.29, 0.717) is 12.1 Å². The van der Waals surface area contributed by atoms with E-state index in [2.05, 4.69) is 22.0 Å². The Kier molecular flexibility index (Phi) is 4.50. The molecule has 0 unspecified atom stereocenters. The minimum absolute atomic E-state index is 0.0520. The number of nitrogens with zero attached hydrogens (tertiary/aromatic N) is 2. The van der Waals surface area contributed by atoms with Crippen LogP contribution in [0.1, 0.15) is 50.5 Å². The minimum Gasteiger partial charge on any atom is -0.338 e. The Balaban J connectivity index is 1.59. The molecule has 1 N–H and O–H groups in total. The Labute approximate surface area is 149 Å². The van der Waals surface area contributed by atoms with Gasteiger partial charge in [-0.1, -0.05) is 25.1 Å². The highest BCUT2D eigenvalue weighted by Gasteiger charge is 2.42. The Morgan fingerprint density at radius 3 is 2.76 bits per heavy atom. The van der Waals surface area contributed by atoms with Crippen LogP contribution in [-0.2, 0) is 9.59 Å². The summed E-state index contributed by atoms with van der Waals surface area (Å²) in [4.78, 5) is 30.1. The number of para-hydroxylation sites is 1. The largest absolute Gasteiger partial charge is 0.338 e. The molecule has 4 rings (SSSR count). The van der Waals surface area contributed by atoms with Crippen molar-refractivity contribution in [3.8, 4) is 0 Å². The quantitative estimate of drug-likeness (QED) is 0.919. The van der Waals surface area contributed by atoms with Gasteiger partial charge in [0.05, 0.1) is 5.92 Å². The molecule has 0 radical (unpaired) electrons. The maximum absolute atomic E-state index is 13.4. The number of benzene rings is 1. The molecule has 3 aliphatic heterocycles. The van der Waals surface area contributed by atoms with Gasteiger partial charge in [-0.2, -0.15) is 0 Å². The van der Waals surface area contributed by atoms with Crippen molar-refractivity contribution in [3.63, 3.8) is 0 Å². The molecule has 0 aliphatic carbocycles. The number of carbonyl (C=O) groups excluding carboxylic acids is 2. The highest BCUT2D eigenvalue weighted by Crippen LogP contribution is 2.37. The molecule has 0 spiro atoms. The molecule has 0 bridgehead atoms. The van der Waals surface area contributed by atoms with Crippen LogP contribution >= 0.6 is 0 Å². The van der Waals surface area contributed by atoms with E-state index in [0.717, 1.165) is 43.7 Å². The maximum Gasteiger partial charge on any atom is 0.231 e. The molecule has 0 saturated carbocycles. The number of likely N-dealkylation sites (tertiary alicyclic amines) is 2. The van der Waals surface area contributed by atoms with Crippen LogP contribution in [0.4, 0.5) is 5.69 Å². The lowest BCUT2D eigenvalue weighted by atomic mass is 9.88. The van der Waals surface area contributed by atoms with Crippen molar-refractivity contribution < 1.29 is 9.59 Å². The molecule has 2 fully saturated rings. The van der Waals surface area contributed by atoms with Crippen LogP contribution in [0.2, 0.25) is 0 Å². The molecular weight excluding hydrogens is 314 g/mol. The Hall–Kier alpha value is -1.88. The second kappa shape index (κ2) is 6.79. The lowest BCUT2D eigenvalue weighted by molar-refractivity contribution is -0.136. The van der Waals surface area contributed by atoms with E-state index in [1.807, 2.05) is 24.3 Å². The van der Waals surface area contributed by atoms with Crippen molar-refractivity contribution in [3.05, 3.63) is 29.8 Å². The summed E-state index contributed by atoms with van der Waals surface area (Å²) >= 11 is 0. The topological polar surface area (TPSA) is 52.7 Å². The third-order valence-electron chi connectivity index (χ3n) is 6.14. The summed E-state index contributed by atoms with van der Waals surface area (Å²) in [6.07, 6.45) is 4.84. The first-order valence-electron chi connectivity index (χ1n) is 9.62.